The number of nitrogens with one attached hydrogen (secondary N) is 3. The van der Waals surface area contributed by atoms with E-state index >= 15 is 0 Å². The van der Waals surface area contributed by atoms with Crippen molar-refractivity contribution in [3.63, 3.8) is 0 Å². The van der Waals surface area contributed by atoms with Crippen molar-refractivity contribution in [1.29, 1.82) is 0 Å². The number of sulfone groups is 1. The summed E-state index contributed by atoms with van der Waals surface area (Å²) in [6, 6.07) is 28.9. The summed E-state index contributed by atoms with van der Waals surface area (Å²) in [5.74, 6) is -0.385. The van der Waals surface area contributed by atoms with Gasteiger partial charge in [0.25, 0.3) is 0 Å². The lowest BCUT2D eigenvalue weighted by molar-refractivity contribution is -0.117. The monoisotopic (exact) mass is 591 g/mol. The molecule has 4 aromatic rings. The summed E-state index contributed by atoms with van der Waals surface area (Å²) < 4.78 is 25.3. The van der Waals surface area contributed by atoms with Crippen molar-refractivity contribution in [2.75, 3.05) is 16.9 Å². The van der Waals surface area contributed by atoms with E-state index < -0.39 is 21.9 Å². The van der Waals surface area contributed by atoms with Crippen LogP contribution in [0.3, 0.4) is 0 Å². The lowest BCUT2D eigenvalue weighted by Crippen LogP contribution is -2.46. The minimum Gasteiger partial charge on any atom is -0.326 e. The number of halogens is 1. The van der Waals surface area contributed by atoms with Gasteiger partial charge < -0.3 is 16.0 Å². The van der Waals surface area contributed by atoms with Crippen LogP contribution >= 0.6 is 15.9 Å². The van der Waals surface area contributed by atoms with E-state index in [-0.39, 0.29) is 10.8 Å². The summed E-state index contributed by atoms with van der Waals surface area (Å²) in [7, 11) is -3.41. The van der Waals surface area contributed by atoms with Crippen molar-refractivity contribution in [3.8, 4) is 11.1 Å². The van der Waals surface area contributed by atoms with E-state index in [2.05, 4.69) is 31.9 Å². The van der Waals surface area contributed by atoms with E-state index in [1.165, 1.54) is 6.26 Å². The molecule has 0 unspecified atom stereocenters. The molecule has 9 heteroatoms. The van der Waals surface area contributed by atoms with Crippen LogP contribution in [0.25, 0.3) is 11.1 Å². The first-order valence-electron chi connectivity index (χ1n) is 11.8. The van der Waals surface area contributed by atoms with Crippen molar-refractivity contribution < 1.29 is 18.0 Å². The number of rotatable bonds is 8. The van der Waals surface area contributed by atoms with Gasteiger partial charge in [-0.25, -0.2) is 13.2 Å². The Morgan fingerprint density at radius 1 is 0.763 bits per heavy atom. The molecular weight excluding hydrogens is 566 g/mol. The highest BCUT2D eigenvalue weighted by atomic mass is 79.9. The topological polar surface area (TPSA) is 104 Å². The highest BCUT2D eigenvalue weighted by Gasteiger charge is 2.22. The van der Waals surface area contributed by atoms with Gasteiger partial charge in [0.1, 0.15) is 6.04 Å². The van der Waals surface area contributed by atoms with E-state index in [4.69, 9.17) is 0 Å². The van der Waals surface area contributed by atoms with Crippen LogP contribution in [-0.4, -0.2) is 32.7 Å². The van der Waals surface area contributed by atoms with E-state index in [1.54, 1.807) is 60.7 Å². The molecule has 0 aromatic heterocycles. The molecule has 0 saturated carbocycles. The van der Waals surface area contributed by atoms with Crippen LogP contribution in [0.1, 0.15) is 5.56 Å². The Kier molecular flexibility index (Phi) is 8.60. The summed E-state index contributed by atoms with van der Waals surface area (Å²) in [5, 5.41) is 8.37. The Bertz CT molecular complexity index is 1520. The van der Waals surface area contributed by atoms with Gasteiger partial charge >= 0.3 is 6.03 Å². The van der Waals surface area contributed by atoms with Crippen molar-refractivity contribution in [1.82, 2.24) is 5.32 Å². The second kappa shape index (κ2) is 12.1. The van der Waals surface area contributed by atoms with Crippen molar-refractivity contribution in [2.45, 2.75) is 17.4 Å². The maximum atomic E-state index is 13.3. The number of benzene rings is 4. The van der Waals surface area contributed by atoms with Crippen molar-refractivity contribution in [2.24, 2.45) is 0 Å². The average Bonchev–Trinajstić information content (AvgIpc) is 2.90. The van der Waals surface area contributed by atoms with Crippen LogP contribution in [0.5, 0.6) is 0 Å². The van der Waals surface area contributed by atoms with Gasteiger partial charge in [0.05, 0.1) is 4.90 Å². The SMILES string of the molecule is CS(=O)(=O)c1ccccc1-c1ccc(NC(=O)[C@H](Cc2ccccc2)NC(=O)Nc2ccc(Br)cc2)cc1. The van der Waals surface area contributed by atoms with Crippen LogP contribution in [0, 0.1) is 0 Å². The average molecular weight is 593 g/mol. The quantitative estimate of drug-likeness (QED) is 0.237. The Labute approximate surface area is 230 Å². The van der Waals surface area contributed by atoms with Crippen LogP contribution in [0.2, 0.25) is 0 Å². The van der Waals surface area contributed by atoms with Gasteiger partial charge in [-0.3, -0.25) is 4.79 Å². The predicted molar refractivity (Wildman–Crippen MR) is 154 cm³/mol. The third-order valence-electron chi connectivity index (χ3n) is 5.76. The molecule has 0 heterocycles. The number of urea groups is 1. The van der Waals surface area contributed by atoms with Gasteiger partial charge in [0, 0.05) is 34.1 Å². The van der Waals surface area contributed by atoms with Crippen LogP contribution in [-0.2, 0) is 21.1 Å². The molecule has 1 atom stereocenters. The van der Waals surface area contributed by atoms with Crippen molar-refractivity contribution >= 4 is 49.1 Å². The zero-order valence-corrected chi connectivity index (χ0v) is 22.9. The normalized spacial score (nSPS) is 11.8. The van der Waals surface area contributed by atoms with Crippen LogP contribution in [0.15, 0.2) is 112 Å². The molecule has 0 fully saturated rings. The maximum Gasteiger partial charge on any atom is 0.319 e. The van der Waals surface area contributed by atoms with E-state index in [9.17, 15) is 18.0 Å². The number of amides is 3. The number of hydrogen-bond donors (Lipinski definition) is 3. The van der Waals surface area contributed by atoms with Crippen LogP contribution in [0.4, 0.5) is 16.2 Å². The molecule has 0 aliphatic rings. The van der Waals surface area contributed by atoms with Gasteiger partial charge in [-0.1, -0.05) is 76.6 Å². The second-order valence-electron chi connectivity index (χ2n) is 8.68. The Hall–Kier alpha value is -3.95. The first-order valence-corrected chi connectivity index (χ1v) is 14.4. The minimum atomic E-state index is -3.41. The highest BCUT2D eigenvalue weighted by molar-refractivity contribution is 9.10. The fraction of sp³-hybridized carbons (Fsp3) is 0.103. The molecule has 7 nitrogen and oxygen atoms in total. The van der Waals surface area contributed by atoms with E-state index in [1.807, 2.05) is 42.5 Å². The molecule has 4 aromatic carbocycles. The first kappa shape index (κ1) is 27.1. The Morgan fingerprint density at radius 2 is 1.34 bits per heavy atom. The Morgan fingerprint density at radius 3 is 2.00 bits per heavy atom. The highest BCUT2D eigenvalue weighted by Crippen LogP contribution is 2.28. The molecule has 4 rings (SSSR count). The zero-order valence-electron chi connectivity index (χ0n) is 20.5. The summed E-state index contributed by atoms with van der Waals surface area (Å²) in [6.45, 7) is 0. The zero-order chi connectivity index (χ0) is 27.1. The lowest BCUT2D eigenvalue weighted by atomic mass is 10.0. The summed E-state index contributed by atoms with van der Waals surface area (Å²) in [5.41, 5.74) is 3.29. The van der Waals surface area contributed by atoms with Gasteiger partial charge in [0.15, 0.2) is 9.84 Å². The lowest BCUT2D eigenvalue weighted by Gasteiger charge is -2.19. The smallest absolute Gasteiger partial charge is 0.319 e. The summed E-state index contributed by atoms with van der Waals surface area (Å²) in [4.78, 5) is 26.2. The molecule has 194 valence electrons. The fourth-order valence-corrected chi connectivity index (χ4v) is 5.08. The van der Waals surface area contributed by atoms with Crippen LogP contribution < -0.4 is 16.0 Å². The number of carbonyl (C=O) groups excluding carboxylic acids is 2. The molecule has 3 amide bonds. The third kappa shape index (κ3) is 7.30. The Balaban J connectivity index is 1.50. The molecule has 0 aliphatic carbocycles. The molecule has 0 saturated heterocycles. The number of anilines is 2. The largest absolute Gasteiger partial charge is 0.326 e. The predicted octanol–water partition coefficient (Wildman–Crippen LogP) is 5.89. The standard InChI is InChI=1S/C29H26BrN3O4S/c1-38(36,37)27-10-6-5-9-25(27)21-11-15-23(16-12-21)31-28(34)26(19-20-7-3-2-4-8-20)33-29(35)32-24-17-13-22(30)14-18-24/h2-18,26H,19H2,1H3,(H,31,34)(H2,32,33,35)/t26-/m0/s1. The first-order chi connectivity index (χ1) is 18.2. The van der Waals surface area contributed by atoms with Gasteiger partial charge in [-0.2, -0.15) is 0 Å². The molecule has 0 bridgehead atoms. The fourth-order valence-electron chi connectivity index (χ4n) is 3.91. The van der Waals surface area contributed by atoms with Gasteiger partial charge in [-0.05, 0) is 53.6 Å². The summed E-state index contributed by atoms with van der Waals surface area (Å²) in [6.07, 6.45) is 1.47. The molecule has 0 aliphatic heterocycles. The molecule has 38 heavy (non-hydrogen) atoms. The molecule has 3 N–H and O–H groups in total. The van der Waals surface area contributed by atoms with Gasteiger partial charge in [0.2, 0.25) is 5.91 Å². The molecule has 0 spiro atoms. The van der Waals surface area contributed by atoms with E-state index in [0.29, 0.717) is 28.9 Å². The maximum absolute atomic E-state index is 13.3. The number of carbonyl (C=O) groups is 2. The van der Waals surface area contributed by atoms with E-state index in [0.717, 1.165) is 10.0 Å². The second-order valence-corrected chi connectivity index (χ2v) is 11.6. The number of hydrogen-bond acceptors (Lipinski definition) is 4. The molecular formula is C29H26BrN3O4S. The third-order valence-corrected chi connectivity index (χ3v) is 7.44. The van der Waals surface area contributed by atoms with Gasteiger partial charge in [-0.15, -0.1) is 0 Å². The minimum absolute atomic E-state index is 0.237. The van der Waals surface area contributed by atoms with Crippen molar-refractivity contribution in [3.05, 3.63) is 113 Å². The summed E-state index contributed by atoms with van der Waals surface area (Å²) >= 11 is 3.36. The molecule has 0 radical (unpaired) electrons.